The van der Waals surface area contributed by atoms with Crippen molar-refractivity contribution in [3.8, 4) is 0 Å². The average Bonchev–Trinajstić information content (AvgIpc) is 2.95. The Bertz CT molecular complexity index is 834. The van der Waals surface area contributed by atoms with Gasteiger partial charge in [-0.15, -0.1) is 0 Å². The van der Waals surface area contributed by atoms with Crippen LogP contribution in [0.1, 0.15) is 13.3 Å². The van der Waals surface area contributed by atoms with E-state index in [0.717, 1.165) is 0 Å². The number of nitrogens with one attached hydrogen (secondary N) is 2. The van der Waals surface area contributed by atoms with E-state index in [1.807, 2.05) is 6.92 Å². The molecule has 1 aliphatic carbocycles. The van der Waals surface area contributed by atoms with Crippen LogP contribution < -0.4 is 33.6 Å². The Morgan fingerprint density at radius 2 is 1.54 bits per heavy atom. The quantitative estimate of drug-likeness (QED) is 0.105. The van der Waals surface area contributed by atoms with Gasteiger partial charge in [-0.2, -0.15) is 0 Å². The largest absolute Gasteiger partial charge is 0.394 e. The van der Waals surface area contributed by atoms with Crippen molar-refractivity contribution < 1.29 is 59.5 Å². The minimum Gasteiger partial charge on any atom is -0.394 e. The standard InChI is InChI=1S/C23H46N6O12/c1-2-28-5-10-15(33)16(34)13(27)22(38-10)40-19-7(25)3-8(29-21(37)9(31)4-24)20(18(19)36)41-23-17(35)12(26)14(32)11(6-30)39-23/h7-20,22-23,28,30-36H,2-6,24-27H2,1H3,(H,29,37)/t7-,8+,9-,10+,11+,12-,13+,14+,15+,16+,17+,18-,19?,20-,22+,23+/m0/s1. The average molecular weight is 599 g/mol. The van der Waals surface area contributed by atoms with Crippen molar-refractivity contribution in [3.63, 3.8) is 0 Å². The molecule has 2 aliphatic heterocycles. The third-order valence-corrected chi connectivity index (χ3v) is 7.74. The van der Waals surface area contributed by atoms with Gasteiger partial charge in [0.05, 0.1) is 24.7 Å². The van der Waals surface area contributed by atoms with Crippen LogP contribution in [0.15, 0.2) is 0 Å². The molecule has 0 aromatic carbocycles. The Kier molecular flexibility index (Phi) is 12.6. The lowest BCUT2D eigenvalue weighted by Gasteiger charge is -2.49. The van der Waals surface area contributed by atoms with Gasteiger partial charge in [-0.25, -0.2) is 0 Å². The van der Waals surface area contributed by atoms with Crippen LogP contribution >= 0.6 is 0 Å². The molecule has 2 saturated heterocycles. The number of rotatable bonds is 11. The van der Waals surface area contributed by atoms with Gasteiger partial charge in [0.25, 0.3) is 0 Å². The van der Waals surface area contributed by atoms with Crippen molar-refractivity contribution >= 4 is 5.91 Å². The van der Waals surface area contributed by atoms with E-state index < -0.39 is 110 Å². The molecule has 17 N–H and O–H groups in total. The second-order valence-corrected chi connectivity index (χ2v) is 10.7. The normalized spacial score (nSPS) is 46.2. The molecular formula is C23H46N6O12. The molecule has 3 rings (SSSR count). The van der Waals surface area contributed by atoms with Crippen LogP contribution in [0.2, 0.25) is 0 Å². The van der Waals surface area contributed by atoms with Gasteiger partial charge in [-0.1, -0.05) is 6.92 Å². The predicted molar refractivity (Wildman–Crippen MR) is 138 cm³/mol. The lowest BCUT2D eigenvalue weighted by molar-refractivity contribution is -0.320. The molecular weight excluding hydrogens is 552 g/mol. The maximum atomic E-state index is 12.5. The number of aliphatic hydroxyl groups is 7. The van der Waals surface area contributed by atoms with Gasteiger partial charge in [0, 0.05) is 19.1 Å². The topological polar surface area (TPSA) is 324 Å². The van der Waals surface area contributed by atoms with Crippen LogP contribution in [0, 0.1) is 0 Å². The monoisotopic (exact) mass is 598 g/mol. The number of carbonyl (C=O) groups is 1. The Labute approximate surface area is 236 Å². The smallest absolute Gasteiger partial charge is 0.250 e. The molecule has 3 aliphatic rings. The Morgan fingerprint density at radius 1 is 0.902 bits per heavy atom. The number of nitrogens with two attached hydrogens (primary N) is 4. The Hall–Kier alpha value is -1.17. The number of ether oxygens (including phenoxy) is 4. The van der Waals surface area contributed by atoms with Crippen LogP contribution in [0.4, 0.5) is 0 Å². The number of hydrogen-bond acceptors (Lipinski definition) is 17. The molecule has 0 bridgehead atoms. The van der Waals surface area contributed by atoms with E-state index in [1.165, 1.54) is 0 Å². The first kappa shape index (κ1) is 34.3. The van der Waals surface area contributed by atoms with Crippen LogP contribution in [0.25, 0.3) is 0 Å². The third kappa shape index (κ3) is 7.68. The molecule has 0 aromatic heterocycles. The molecule has 3 fully saturated rings. The maximum absolute atomic E-state index is 12.5. The van der Waals surface area contributed by atoms with Gasteiger partial charge in [-0.05, 0) is 13.0 Å². The minimum absolute atomic E-state index is 0.0930. The second-order valence-electron chi connectivity index (χ2n) is 10.7. The maximum Gasteiger partial charge on any atom is 0.250 e. The molecule has 18 nitrogen and oxygen atoms in total. The molecule has 16 atom stereocenters. The van der Waals surface area contributed by atoms with Crippen molar-refractivity contribution in [3.05, 3.63) is 0 Å². The third-order valence-electron chi connectivity index (χ3n) is 7.74. The first-order valence-corrected chi connectivity index (χ1v) is 13.6. The highest BCUT2D eigenvalue weighted by atomic mass is 16.7. The molecule has 18 heteroatoms. The molecule has 240 valence electrons. The molecule has 1 saturated carbocycles. The van der Waals surface area contributed by atoms with E-state index in [2.05, 4.69) is 10.6 Å². The minimum atomic E-state index is -1.66. The van der Waals surface area contributed by atoms with Crippen LogP contribution in [0.5, 0.6) is 0 Å². The summed E-state index contributed by atoms with van der Waals surface area (Å²) in [7, 11) is 0. The van der Waals surface area contributed by atoms with Crippen molar-refractivity contribution in [2.75, 3.05) is 26.2 Å². The summed E-state index contributed by atoms with van der Waals surface area (Å²) >= 11 is 0. The lowest BCUT2D eigenvalue weighted by atomic mass is 9.83. The zero-order valence-corrected chi connectivity index (χ0v) is 22.8. The fourth-order valence-corrected chi connectivity index (χ4v) is 5.19. The summed E-state index contributed by atoms with van der Waals surface area (Å²) in [6, 6.07) is -4.58. The summed E-state index contributed by atoms with van der Waals surface area (Å²) in [6.45, 7) is 1.52. The molecule has 0 aromatic rings. The highest BCUT2D eigenvalue weighted by Crippen LogP contribution is 2.31. The summed E-state index contributed by atoms with van der Waals surface area (Å²) in [5.74, 6) is -0.878. The predicted octanol–water partition coefficient (Wildman–Crippen LogP) is -8.20. The van der Waals surface area contributed by atoms with Gasteiger partial charge >= 0.3 is 0 Å². The molecule has 0 radical (unpaired) electrons. The summed E-state index contributed by atoms with van der Waals surface area (Å²) in [4.78, 5) is 12.5. The van der Waals surface area contributed by atoms with E-state index in [1.54, 1.807) is 0 Å². The molecule has 1 unspecified atom stereocenters. The van der Waals surface area contributed by atoms with E-state index in [-0.39, 0.29) is 19.5 Å². The van der Waals surface area contributed by atoms with Gasteiger partial charge < -0.3 is 88.3 Å². The lowest BCUT2D eigenvalue weighted by Crippen LogP contribution is -2.70. The molecule has 1 amide bonds. The van der Waals surface area contributed by atoms with Crippen molar-refractivity contribution in [2.45, 2.75) is 111 Å². The molecule has 2 heterocycles. The summed E-state index contributed by atoms with van der Waals surface area (Å²) < 4.78 is 23.1. The number of hydrogen-bond donors (Lipinski definition) is 13. The highest BCUT2D eigenvalue weighted by molar-refractivity contribution is 5.81. The molecule has 41 heavy (non-hydrogen) atoms. The first-order chi connectivity index (χ1) is 19.4. The zero-order chi connectivity index (χ0) is 30.6. The van der Waals surface area contributed by atoms with E-state index in [9.17, 15) is 40.5 Å². The highest BCUT2D eigenvalue weighted by Gasteiger charge is 2.52. The van der Waals surface area contributed by atoms with Gasteiger partial charge in [0.15, 0.2) is 12.6 Å². The first-order valence-electron chi connectivity index (χ1n) is 13.6. The van der Waals surface area contributed by atoms with Gasteiger partial charge in [0.1, 0.15) is 61.0 Å². The second kappa shape index (κ2) is 15.0. The number of likely N-dealkylation sites (N-methyl/N-ethyl adjacent to an activating group) is 1. The van der Waals surface area contributed by atoms with Crippen molar-refractivity contribution in [2.24, 2.45) is 22.9 Å². The van der Waals surface area contributed by atoms with Crippen LogP contribution in [0.3, 0.4) is 0 Å². The Balaban J connectivity index is 1.84. The fourth-order valence-electron chi connectivity index (χ4n) is 5.19. The summed E-state index contributed by atoms with van der Waals surface area (Å²) in [6.07, 6.45) is -16.8. The van der Waals surface area contributed by atoms with E-state index >= 15 is 0 Å². The molecule has 0 spiro atoms. The fraction of sp³-hybridized carbons (Fsp3) is 0.957. The summed E-state index contributed by atoms with van der Waals surface area (Å²) in [5.41, 5.74) is 23.6. The van der Waals surface area contributed by atoms with Gasteiger partial charge in [-0.3, -0.25) is 4.79 Å². The van der Waals surface area contributed by atoms with Crippen molar-refractivity contribution in [1.29, 1.82) is 0 Å². The SMILES string of the molecule is CCNC[C@H]1O[C@H](OC2[C@@H](N)C[C@@H](NC(=O)[C@@H](O)CN)[C@H](O[C@H]3O[C@H](CO)[C@@H](O)[C@H](N)[C@H]3O)[C@H]2O)[C@H](N)[C@@H](O)[C@@H]1O. The van der Waals surface area contributed by atoms with Crippen molar-refractivity contribution in [1.82, 2.24) is 10.6 Å². The van der Waals surface area contributed by atoms with Gasteiger partial charge in [0.2, 0.25) is 5.91 Å². The number of carbonyl (C=O) groups excluding carboxylic acids is 1. The van der Waals surface area contributed by atoms with E-state index in [0.29, 0.717) is 6.54 Å². The summed E-state index contributed by atoms with van der Waals surface area (Å²) in [5, 5.41) is 78.0. The Morgan fingerprint density at radius 3 is 2.15 bits per heavy atom. The number of amides is 1. The zero-order valence-electron chi connectivity index (χ0n) is 22.8. The van der Waals surface area contributed by atoms with Crippen LogP contribution in [-0.4, -0.2) is 166 Å². The van der Waals surface area contributed by atoms with E-state index in [4.69, 9.17) is 41.9 Å². The van der Waals surface area contributed by atoms with Crippen LogP contribution in [-0.2, 0) is 23.7 Å². The number of aliphatic hydroxyl groups excluding tert-OH is 7.